The molecule has 0 radical (unpaired) electrons. The largest absolute Gasteiger partial charge is 0.0922 e. The van der Waals surface area contributed by atoms with Gasteiger partial charge in [-0.1, -0.05) is 42.6 Å². The molecule has 10 heavy (non-hydrogen) atoms. The fourth-order valence-electron chi connectivity index (χ4n) is 1.97. The van der Waals surface area contributed by atoms with E-state index in [1.54, 1.807) is 0 Å². The smallest absolute Gasteiger partial charge is 0.00906 e. The molecule has 60 valence electrons. The maximum absolute atomic E-state index is 3.62. The third-order valence-electron chi connectivity index (χ3n) is 3.01. The first-order valence-electron chi connectivity index (χ1n) is 4.35. The Morgan fingerprint density at radius 1 is 1.30 bits per heavy atom. The van der Waals surface area contributed by atoms with E-state index in [1.165, 1.54) is 31.0 Å². The molecule has 1 fully saturated rings. The molecule has 0 aliphatic heterocycles. The van der Waals surface area contributed by atoms with E-state index in [1.807, 2.05) is 0 Å². The highest BCUT2D eigenvalue weighted by molar-refractivity contribution is 9.09. The number of halogens is 1. The number of rotatable bonds is 4. The summed E-state index contributed by atoms with van der Waals surface area (Å²) in [5.41, 5.74) is 0.726. The van der Waals surface area contributed by atoms with Crippen LogP contribution in [-0.2, 0) is 0 Å². The van der Waals surface area contributed by atoms with E-state index in [2.05, 4.69) is 29.8 Å². The molecule has 1 heteroatoms. The van der Waals surface area contributed by atoms with E-state index in [0.29, 0.717) is 0 Å². The molecule has 0 unspecified atom stereocenters. The summed E-state index contributed by atoms with van der Waals surface area (Å²) in [6.45, 7) is 4.63. The molecule has 0 bridgehead atoms. The Morgan fingerprint density at radius 2 is 1.80 bits per heavy atom. The van der Waals surface area contributed by atoms with Gasteiger partial charge in [0, 0.05) is 5.33 Å². The molecular formula is C9H17Br. The molecule has 0 N–H and O–H groups in total. The average molecular weight is 205 g/mol. The van der Waals surface area contributed by atoms with Crippen LogP contribution >= 0.6 is 15.9 Å². The molecule has 0 atom stereocenters. The molecule has 0 saturated heterocycles. The Balaban J connectivity index is 2.43. The van der Waals surface area contributed by atoms with E-state index in [9.17, 15) is 0 Å². The van der Waals surface area contributed by atoms with Gasteiger partial charge in [0.15, 0.2) is 0 Å². The second-order valence-electron chi connectivity index (χ2n) is 3.51. The summed E-state index contributed by atoms with van der Waals surface area (Å²) in [6.07, 6.45) is 5.65. The summed E-state index contributed by atoms with van der Waals surface area (Å²) in [4.78, 5) is 0. The van der Waals surface area contributed by atoms with Crippen molar-refractivity contribution in [3.8, 4) is 0 Å². The van der Waals surface area contributed by atoms with Gasteiger partial charge in [0.2, 0.25) is 0 Å². The Morgan fingerprint density at radius 3 is 1.90 bits per heavy atom. The first kappa shape index (κ1) is 8.58. The van der Waals surface area contributed by atoms with Crippen LogP contribution in [0, 0.1) is 11.3 Å². The van der Waals surface area contributed by atoms with Gasteiger partial charge in [-0.25, -0.2) is 0 Å². The van der Waals surface area contributed by atoms with Crippen molar-refractivity contribution in [2.75, 3.05) is 5.33 Å². The highest BCUT2D eigenvalue weighted by Crippen LogP contribution is 2.55. The van der Waals surface area contributed by atoms with Crippen LogP contribution in [0.3, 0.4) is 0 Å². The van der Waals surface area contributed by atoms with Crippen LogP contribution in [0.2, 0.25) is 0 Å². The molecular weight excluding hydrogens is 188 g/mol. The highest BCUT2D eigenvalue weighted by atomic mass is 79.9. The normalized spacial score (nSPS) is 21.6. The average Bonchev–Trinajstić information content (AvgIpc) is 2.72. The number of hydrogen-bond acceptors (Lipinski definition) is 0. The van der Waals surface area contributed by atoms with Crippen LogP contribution in [0.1, 0.15) is 39.5 Å². The summed E-state index contributed by atoms with van der Waals surface area (Å²) < 4.78 is 0. The van der Waals surface area contributed by atoms with Crippen molar-refractivity contribution < 1.29 is 0 Å². The Labute approximate surface area is 72.5 Å². The van der Waals surface area contributed by atoms with Crippen LogP contribution in [-0.4, -0.2) is 5.33 Å². The van der Waals surface area contributed by atoms with Gasteiger partial charge in [0.05, 0.1) is 0 Å². The van der Waals surface area contributed by atoms with Gasteiger partial charge in [-0.3, -0.25) is 0 Å². The molecule has 0 aromatic carbocycles. The third-order valence-corrected chi connectivity index (χ3v) is 4.13. The lowest BCUT2D eigenvalue weighted by atomic mass is 9.86. The first-order chi connectivity index (χ1) is 4.79. The van der Waals surface area contributed by atoms with Gasteiger partial charge in [-0.05, 0) is 24.2 Å². The molecule has 1 rings (SSSR count). The Bertz CT molecular complexity index is 101. The summed E-state index contributed by atoms with van der Waals surface area (Å²) in [5.74, 6) is 0.979. The van der Waals surface area contributed by atoms with Crippen LogP contribution in [0.4, 0.5) is 0 Å². The quantitative estimate of drug-likeness (QED) is 0.615. The number of alkyl halides is 1. The van der Waals surface area contributed by atoms with E-state index in [0.717, 1.165) is 11.3 Å². The van der Waals surface area contributed by atoms with E-state index >= 15 is 0 Å². The maximum atomic E-state index is 3.62. The van der Waals surface area contributed by atoms with Crippen LogP contribution in [0.15, 0.2) is 0 Å². The van der Waals surface area contributed by atoms with Gasteiger partial charge in [-0.15, -0.1) is 0 Å². The van der Waals surface area contributed by atoms with Crippen molar-refractivity contribution in [1.82, 2.24) is 0 Å². The first-order valence-corrected chi connectivity index (χ1v) is 5.47. The zero-order valence-corrected chi connectivity index (χ0v) is 8.58. The van der Waals surface area contributed by atoms with Crippen molar-refractivity contribution >= 4 is 15.9 Å². The molecule has 0 heterocycles. The summed E-state index contributed by atoms with van der Waals surface area (Å²) >= 11 is 3.62. The SMILES string of the molecule is CCC(CC)C1(CBr)CC1. The van der Waals surface area contributed by atoms with Gasteiger partial charge < -0.3 is 0 Å². The van der Waals surface area contributed by atoms with Crippen molar-refractivity contribution in [1.29, 1.82) is 0 Å². The molecule has 0 nitrogen and oxygen atoms in total. The Hall–Kier alpha value is 0.480. The highest BCUT2D eigenvalue weighted by Gasteiger charge is 2.46. The van der Waals surface area contributed by atoms with E-state index in [4.69, 9.17) is 0 Å². The van der Waals surface area contributed by atoms with Crippen molar-refractivity contribution in [3.63, 3.8) is 0 Å². The predicted octanol–water partition coefficient (Wildman–Crippen LogP) is 3.60. The minimum absolute atomic E-state index is 0.726. The van der Waals surface area contributed by atoms with Crippen LogP contribution < -0.4 is 0 Å². The van der Waals surface area contributed by atoms with E-state index < -0.39 is 0 Å². The standard InChI is InChI=1S/C9H17Br/c1-3-8(4-2)9(7-10)5-6-9/h8H,3-7H2,1-2H3. The number of hydrogen-bond donors (Lipinski definition) is 0. The van der Waals surface area contributed by atoms with Gasteiger partial charge in [0.1, 0.15) is 0 Å². The molecule has 1 aliphatic carbocycles. The van der Waals surface area contributed by atoms with Crippen molar-refractivity contribution in [2.24, 2.45) is 11.3 Å². The topological polar surface area (TPSA) is 0 Å². The van der Waals surface area contributed by atoms with E-state index in [-0.39, 0.29) is 0 Å². The minimum Gasteiger partial charge on any atom is -0.0922 e. The van der Waals surface area contributed by atoms with Crippen molar-refractivity contribution in [2.45, 2.75) is 39.5 Å². The van der Waals surface area contributed by atoms with Gasteiger partial charge >= 0.3 is 0 Å². The van der Waals surface area contributed by atoms with Crippen molar-refractivity contribution in [3.05, 3.63) is 0 Å². The molecule has 0 amide bonds. The fourth-order valence-corrected chi connectivity index (χ4v) is 2.98. The summed E-state index contributed by atoms with van der Waals surface area (Å²) in [5, 5.41) is 1.23. The Kier molecular flexibility index (Phi) is 2.79. The fraction of sp³-hybridized carbons (Fsp3) is 1.00. The summed E-state index contributed by atoms with van der Waals surface area (Å²) in [7, 11) is 0. The molecule has 0 aromatic rings. The summed E-state index contributed by atoms with van der Waals surface area (Å²) in [6, 6.07) is 0. The zero-order valence-electron chi connectivity index (χ0n) is 6.99. The molecule has 1 saturated carbocycles. The maximum Gasteiger partial charge on any atom is 0.00906 e. The second-order valence-corrected chi connectivity index (χ2v) is 4.07. The lowest BCUT2D eigenvalue weighted by Gasteiger charge is -2.21. The minimum atomic E-state index is 0.726. The lowest BCUT2D eigenvalue weighted by molar-refractivity contribution is 0.322. The third kappa shape index (κ3) is 1.39. The van der Waals surface area contributed by atoms with Crippen LogP contribution in [0.5, 0.6) is 0 Å². The van der Waals surface area contributed by atoms with Gasteiger partial charge in [-0.2, -0.15) is 0 Å². The second kappa shape index (κ2) is 3.25. The predicted molar refractivity (Wildman–Crippen MR) is 49.5 cm³/mol. The molecule has 0 aromatic heterocycles. The zero-order chi connectivity index (χ0) is 7.61. The molecule has 1 aliphatic rings. The monoisotopic (exact) mass is 204 g/mol. The van der Waals surface area contributed by atoms with Crippen LogP contribution in [0.25, 0.3) is 0 Å². The van der Waals surface area contributed by atoms with Gasteiger partial charge in [0.25, 0.3) is 0 Å². The molecule has 0 spiro atoms. The lowest BCUT2D eigenvalue weighted by Crippen LogP contribution is -2.15.